The standard InChI is InChI=1S/C14H18N2O2S/c1-9(15-14(19)16-11-3-4-11)10-2-5-12-13(8-10)18-7-6-17-12/h2,5,8-9,11H,3-4,6-7H2,1H3,(H2,15,16,19)/t9-/m0/s1. The third kappa shape index (κ3) is 3.10. The summed E-state index contributed by atoms with van der Waals surface area (Å²) in [6, 6.07) is 6.75. The first kappa shape index (κ1) is 12.5. The third-order valence-electron chi connectivity index (χ3n) is 3.33. The molecule has 0 spiro atoms. The van der Waals surface area contributed by atoms with Crippen molar-refractivity contribution < 1.29 is 9.47 Å². The highest BCUT2D eigenvalue weighted by molar-refractivity contribution is 7.80. The van der Waals surface area contributed by atoms with Crippen molar-refractivity contribution in [3.8, 4) is 11.5 Å². The van der Waals surface area contributed by atoms with Crippen molar-refractivity contribution in [3.05, 3.63) is 23.8 Å². The summed E-state index contributed by atoms with van der Waals surface area (Å²) in [5, 5.41) is 7.31. The largest absolute Gasteiger partial charge is 0.486 e. The van der Waals surface area contributed by atoms with Gasteiger partial charge >= 0.3 is 0 Å². The number of benzene rings is 1. The van der Waals surface area contributed by atoms with Crippen LogP contribution in [0.15, 0.2) is 18.2 Å². The number of rotatable bonds is 3. The molecule has 102 valence electrons. The molecule has 0 saturated heterocycles. The molecule has 4 nitrogen and oxygen atoms in total. The lowest BCUT2D eigenvalue weighted by molar-refractivity contribution is 0.171. The van der Waals surface area contributed by atoms with Gasteiger partial charge in [-0.3, -0.25) is 0 Å². The molecule has 3 rings (SSSR count). The molecule has 1 aromatic carbocycles. The Morgan fingerprint density at radius 2 is 2.00 bits per heavy atom. The fourth-order valence-electron chi connectivity index (χ4n) is 2.06. The van der Waals surface area contributed by atoms with Crippen LogP contribution in [0.5, 0.6) is 11.5 Å². The zero-order valence-electron chi connectivity index (χ0n) is 10.9. The van der Waals surface area contributed by atoms with E-state index in [9.17, 15) is 0 Å². The molecule has 1 aromatic rings. The molecule has 1 fully saturated rings. The zero-order chi connectivity index (χ0) is 13.2. The molecular formula is C14H18N2O2S. The lowest BCUT2D eigenvalue weighted by atomic mass is 10.1. The van der Waals surface area contributed by atoms with Crippen LogP contribution in [0.25, 0.3) is 0 Å². The van der Waals surface area contributed by atoms with Crippen molar-refractivity contribution in [3.63, 3.8) is 0 Å². The van der Waals surface area contributed by atoms with E-state index in [1.165, 1.54) is 12.8 Å². The number of nitrogens with one attached hydrogen (secondary N) is 2. The minimum Gasteiger partial charge on any atom is -0.486 e. The minimum absolute atomic E-state index is 0.148. The van der Waals surface area contributed by atoms with Crippen LogP contribution in [0.3, 0.4) is 0 Å². The number of hydrogen-bond donors (Lipinski definition) is 2. The van der Waals surface area contributed by atoms with Crippen LogP contribution in [0, 0.1) is 0 Å². The van der Waals surface area contributed by atoms with Gasteiger partial charge in [0.05, 0.1) is 6.04 Å². The predicted molar refractivity (Wildman–Crippen MR) is 77.7 cm³/mol. The fourth-order valence-corrected chi connectivity index (χ4v) is 2.41. The van der Waals surface area contributed by atoms with E-state index in [-0.39, 0.29) is 6.04 Å². The first-order valence-electron chi connectivity index (χ1n) is 6.69. The van der Waals surface area contributed by atoms with Gasteiger partial charge < -0.3 is 20.1 Å². The first-order valence-corrected chi connectivity index (χ1v) is 7.10. The molecule has 19 heavy (non-hydrogen) atoms. The van der Waals surface area contributed by atoms with Crippen molar-refractivity contribution in [2.24, 2.45) is 0 Å². The Morgan fingerprint density at radius 3 is 2.74 bits per heavy atom. The van der Waals surface area contributed by atoms with Crippen LogP contribution < -0.4 is 20.1 Å². The van der Waals surface area contributed by atoms with Crippen LogP contribution in [0.1, 0.15) is 31.4 Å². The molecule has 0 aromatic heterocycles. The maximum atomic E-state index is 5.59. The molecule has 0 unspecified atom stereocenters. The molecule has 1 aliphatic carbocycles. The summed E-state index contributed by atoms with van der Waals surface area (Å²) in [6.45, 7) is 3.32. The Balaban J connectivity index is 1.65. The van der Waals surface area contributed by atoms with E-state index >= 15 is 0 Å². The van der Waals surface area contributed by atoms with Gasteiger partial charge in [0.25, 0.3) is 0 Å². The first-order chi connectivity index (χ1) is 9.22. The Morgan fingerprint density at radius 1 is 1.26 bits per heavy atom. The Bertz CT molecular complexity index is 488. The summed E-state index contributed by atoms with van der Waals surface area (Å²) in [4.78, 5) is 0. The normalized spacial score (nSPS) is 18.6. The van der Waals surface area contributed by atoms with E-state index < -0.39 is 0 Å². The molecular weight excluding hydrogens is 260 g/mol. The average Bonchev–Trinajstić information content (AvgIpc) is 3.21. The minimum atomic E-state index is 0.148. The lowest BCUT2D eigenvalue weighted by Gasteiger charge is -2.22. The summed E-state index contributed by atoms with van der Waals surface area (Å²) < 4.78 is 11.1. The second kappa shape index (κ2) is 5.25. The van der Waals surface area contributed by atoms with E-state index in [4.69, 9.17) is 21.7 Å². The third-order valence-corrected chi connectivity index (χ3v) is 3.56. The number of hydrogen-bond acceptors (Lipinski definition) is 3. The van der Waals surface area contributed by atoms with Crippen LogP contribution in [-0.2, 0) is 0 Å². The number of thiocarbonyl (C=S) groups is 1. The van der Waals surface area contributed by atoms with Crippen LogP contribution in [-0.4, -0.2) is 24.4 Å². The summed E-state index contributed by atoms with van der Waals surface area (Å²) in [7, 11) is 0. The van der Waals surface area contributed by atoms with Crippen molar-refractivity contribution in [2.45, 2.75) is 31.8 Å². The lowest BCUT2D eigenvalue weighted by Crippen LogP contribution is -2.37. The molecule has 2 N–H and O–H groups in total. The summed E-state index contributed by atoms with van der Waals surface area (Å²) in [5.74, 6) is 1.64. The molecule has 2 aliphatic rings. The maximum absolute atomic E-state index is 5.59. The van der Waals surface area contributed by atoms with Crippen LogP contribution >= 0.6 is 12.2 Å². The molecule has 1 aliphatic heterocycles. The average molecular weight is 278 g/mol. The number of ether oxygens (including phenoxy) is 2. The highest BCUT2D eigenvalue weighted by atomic mass is 32.1. The van der Waals surface area contributed by atoms with Gasteiger partial charge in [0.2, 0.25) is 0 Å². The van der Waals surface area contributed by atoms with E-state index in [1.807, 2.05) is 18.2 Å². The van der Waals surface area contributed by atoms with Gasteiger partial charge in [0.15, 0.2) is 16.6 Å². The highest BCUT2D eigenvalue weighted by Gasteiger charge is 2.22. The van der Waals surface area contributed by atoms with Crippen molar-refractivity contribution in [2.75, 3.05) is 13.2 Å². The molecule has 1 atom stereocenters. The Hall–Kier alpha value is -1.49. The van der Waals surface area contributed by atoms with Crippen molar-refractivity contribution in [1.82, 2.24) is 10.6 Å². The maximum Gasteiger partial charge on any atom is 0.166 e. The monoisotopic (exact) mass is 278 g/mol. The Labute approximate surface area is 118 Å². The van der Waals surface area contributed by atoms with Gasteiger partial charge in [-0.1, -0.05) is 6.07 Å². The molecule has 1 heterocycles. The second-order valence-electron chi connectivity index (χ2n) is 5.02. The Kier molecular flexibility index (Phi) is 3.46. The van der Waals surface area contributed by atoms with E-state index in [2.05, 4.69) is 17.6 Å². The SMILES string of the molecule is C[C@H](NC(=S)NC1CC1)c1ccc2c(c1)OCCO2. The predicted octanol–water partition coefficient (Wildman–Crippen LogP) is 2.15. The summed E-state index contributed by atoms with van der Waals surface area (Å²) in [5.41, 5.74) is 1.14. The van der Waals surface area contributed by atoms with Gasteiger partial charge in [0.1, 0.15) is 13.2 Å². The van der Waals surface area contributed by atoms with E-state index in [0.717, 1.165) is 22.2 Å². The molecule has 0 radical (unpaired) electrons. The molecule has 5 heteroatoms. The summed E-state index contributed by atoms with van der Waals surface area (Å²) in [6.07, 6.45) is 2.44. The van der Waals surface area contributed by atoms with Crippen molar-refractivity contribution in [1.29, 1.82) is 0 Å². The highest BCUT2D eigenvalue weighted by Crippen LogP contribution is 2.32. The van der Waals surface area contributed by atoms with Crippen molar-refractivity contribution >= 4 is 17.3 Å². The zero-order valence-corrected chi connectivity index (χ0v) is 11.8. The molecule has 0 bridgehead atoms. The summed E-state index contributed by atoms with van der Waals surface area (Å²) >= 11 is 5.29. The van der Waals surface area contributed by atoms with E-state index in [1.54, 1.807) is 0 Å². The quantitative estimate of drug-likeness (QED) is 0.829. The van der Waals surface area contributed by atoms with Gasteiger partial charge in [-0.2, -0.15) is 0 Å². The van der Waals surface area contributed by atoms with Gasteiger partial charge in [-0.15, -0.1) is 0 Å². The van der Waals surface area contributed by atoms with Gasteiger partial charge in [-0.25, -0.2) is 0 Å². The van der Waals surface area contributed by atoms with Crippen LogP contribution in [0.2, 0.25) is 0 Å². The number of fused-ring (bicyclic) bond motifs is 1. The molecule has 0 amide bonds. The van der Waals surface area contributed by atoms with Crippen LogP contribution in [0.4, 0.5) is 0 Å². The topological polar surface area (TPSA) is 42.5 Å². The van der Waals surface area contributed by atoms with E-state index in [0.29, 0.717) is 19.3 Å². The van der Waals surface area contributed by atoms with Gasteiger partial charge in [0, 0.05) is 6.04 Å². The second-order valence-corrected chi connectivity index (χ2v) is 5.43. The smallest absolute Gasteiger partial charge is 0.166 e. The molecule has 1 saturated carbocycles. The fraction of sp³-hybridized carbons (Fsp3) is 0.500. The van der Waals surface area contributed by atoms with Gasteiger partial charge in [-0.05, 0) is 49.7 Å².